The summed E-state index contributed by atoms with van der Waals surface area (Å²) >= 11 is 0. The lowest BCUT2D eigenvalue weighted by atomic mass is 10.3. The third kappa shape index (κ3) is 4.57. The van der Waals surface area contributed by atoms with Gasteiger partial charge in [-0.3, -0.25) is 14.4 Å². The number of aromatic nitrogens is 3. The van der Waals surface area contributed by atoms with Gasteiger partial charge in [0.1, 0.15) is 12.2 Å². The fourth-order valence-electron chi connectivity index (χ4n) is 2.38. The Kier molecular flexibility index (Phi) is 5.49. The van der Waals surface area contributed by atoms with Crippen LogP contribution < -0.4 is 5.32 Å². The van der Waals surface area contributed by atoms with Gasteiger partial charge in [0.2, 0.25) is 5.91 Å². The second kappa shape index (κ2) is 7.35. The summed E-state index contributed by atoms with van der Waals surface area (Å²) in [4.78, 5) is 20.6. The van der Waals surface area contributed by atoms with E-state index in [0.717, 1.165) is 38.4 Å². The molecular weight excluding hydrogens is 256 g/mol. The van der Waals surface area contributed by atoms with Crippen LogP contribution >= 0.6 is 0 Å². The van der Waals surface area contributed by atoms with Gasteiger partial charge in [0, 0.05) is 33.1 Å². The Balaban J connectivity index is 1.66. The maximum Gasteiger partial charge on any atom is 0.234 e. The van der Waals surface area contributed by atoms with E-state index in [4.69, 9.17) is 0 Å². The Bertz CT molecular complexity index is 432. The Hall–Kier alpha value is -1.47. The molecule has 0 saturated carbocycles. The van der Waals surface area contributed by atoms with E-state index in [1.807, 2.05) is 7.05 Å². The number of aryl methyl sites for hydroxylation is 1. The van der Waals surface area contributed by atoms with E-state index < -0.39 is 0 Å². The largest absolute Gasteiger partial charge is 0.355 e. The van der Waals surface area contributed by atoms with Crippen LogP contribution in [0.3, 0.4) is 0 Å². The molecule has 20 heavy (non-hydrogen) atoms. The summed E-state index contributed by atoms with van der Waals surface area (Å²) in [5, 5.41) is 6.96. The molecule has 7 nitrogen and oxygen atoms in total. The summed E-state index contributed by atoms with van der Waals surface area (Å²) in [6, 6.07) is 0. The van der Waals surface area contributed by atoms with Crippen molar-refractivity contribution in [3.05, 3.63) is 12.2 Å². The normalized spacial score (nSPS) is 17.9. The number of carbonyl (C=O) groups excluding carboxylic acids is 1. The molecule has 0 atom stereocenters. The van der Waals surface area contributed by atoms with Crippen molar-refractivity contribution >= 4 is 5.91 Å². The fourth-order valence-corrected chi connectivity index (χ4v) is 2.38. The molecule has 1 fully saturated rings. The monoisotopic (exact) mass is 280 g/mol. The minimum absolute atomic E-state index is 0.0942. The summed E-state index contributed by atoms with van der Waals surface area (Å²) in [7, 11) is 3.99. The predicted molar refractivity (Wildman–Crippen MR) is 76.3 cm³/mol. The van der Waals surface area contributed by atoms with E-state index in [1.165, 1.54) is 6.33 Å². The van der Waals surface area contributed by atoms with Crippen molar-refractivity contribution in [3.8, 4) is 0 Å². The van der Waals surface area contributed by atoms with E-state index >= 15 is 0 Å². The zero-order chi connectivity index (χ0) is 14.4. The highest BCUT2D eigenvalue weighted by atomic mass is 16.2. The van der Waals surface area contributed by atoms with E-state index in [9.17, 15) is 4.79 Å². The van der Waals surface area contributed by atoms with Gasteiger partial charge in [-0.2, -0.15) is 5.10 Å². The standard InChI is InChI=1S/C13H24N6O/c1-17-6-3-7-19(9-8-17)10-13(20)14-5-4-12-15-11-16-18(12)2/h11H,3-10H2,1-2H3,(H,14,20). The Morgan fingerprint density at radius 3 is 2.90 bits per heavy atom. The molecule has 0 aliphatic carbocycles. The first kappa shape index (κ1) is 14.9. The number of hydrogen-bond donors (Lipinski definition) is 1. The van der Waals surface area contributed by atoms with Crippen molar-refractivity contribution in [1.29, 1.82) is 0 Å². The van der Waals surface area contributed by atoms with Crippen molar-refractivity contribution < 1.29 is 4.79 Å². The number of likely N-dealkylation sites (N-methyl/N-ethyl adjacent to an activating group) is 1. The molecule has 0 unspecified atom stereocenters. The van der Waals surface area contributed by atoms with Crippen molar-refractivity contribution in [2.24, 2.45) is 7.05 Å². The van der Waals surface area contributed by atoms with E-state index in [2.05, 4.69) is 32.2 Å². The van der Waals surface area contributed by atoms with Gasteiger partial charge in [0.15, 0.2) is 0 Å². The molecule has 1 aromatic rings. The van der Waals surface area contributed by atoms with Crippen molar-refractivity contribution in [1.82, 2.24) is 29.9 Å². The van der Waals surface area contributed by atoms with Crippen molar-refractivity contribution in [3.63, 3.8) is 0 Å². The van der Waals surface area contributed by atoms with Gasteiger partial charge in [-0.1, -0.05) is 0 Å². The molecule has 0 spiro atoms. The molecule has 1 saturated heterocycles. The summed E-state index contributed by atoms with van der Waals surface area (Å²) in [5.74, 6) is 0.985. The van der Waals surface area contributed by atoms with Crippen LogP contribution in [-0.2, 0) is 18.3 Å². The maximum absolute atomic E-state index is 11.9. The second-order valence-corrected chi connectivity index (χ2v) is 5.33. The summed E-state index contributed by atoms with van der Waals surface area (Å²) in [5.41, 5.74) is 0. The van der Waals surface area contributed by atoms with Gasteiger partial charge in [-0.05, 0) is 26.6 Å². The smallest absolute Gasteiger partial charge is 0.234 e. The minimum atomic E-state index is 0.0942. The first-order valence-electron chi connectivity index (χ1n) is 7.15. The van der Waals surface area contributed by atoms with Crippen LogP contribution in [0.1, 0.15) is 12.2 Å². The third-order valence-electron chi connectivity index (χ3n) is 3.66. The number of rotatable bonds is 5. The van der Waals surface area contributed by atoms with E-state index in [-0.39, 0.29) is 5.91 Å². The Morgan fingerprint density at radius 2 is 2.15 bits per heavy atom. The van der Waals surface area contributed by atoms with Gasteiger partial charge in [-0.15, -0.1) is 0 Å². The molecule has 0 aromatic carbocycles. The van der Waals surface area contributed by atoms with Gasteiger partial charge in [0.05, 0.1) is 6.54 Å². The van der Waals surface area contributed by atoms with Gasteiger partial charge in [-0.25, -0.2) is 4.98 Å². The summed E-state index contributed by atoms with van der Waals surface area (Å²) < 4.78 is 1.73. The SMILES string of the molecule is CN1CCCN(CC(=O)NCCc2ncnn2C)CC1. The quantitative estimate of drug-likeness (QED) is 0.758. The number of hydrogen-bond acceptors (Lipinski definition) is 5. The predicted octanol–water partition coefficient (Wildman–Crippen LogP) is -0.889. The number of amides is 1. The maximum atomic E-state index is 11.9. The van der Waals surface area contributed by atoms with Gasteiger partial charge >= 0.3 is 0 Å². The fraction of sp³-hybridized carbons (Fsp3) is 0.769. The lowest BCUT2D eigenvalue weighted by Crippen LogP contribution is -2.39. The summed E-state index contributed by atoms with van der Waals surface area (Å²) in [6.45, 7) is 5.22. The first-order chi connectivity index (χ1) is 9.65. The van der Waals surface area contributed by atoms with E-state index in [0.29, 0.717) is 19.5 Å². The van der Waals surface area contributed by atoms with Crippen LogP contribution in [0.4, 0.5) is 0 Å². The Morgan fingerprint density at radius 1 is 1.30 bits per heavy atom. The molecule has 7 heteroatoms. The molecule has 2 rings (SSSR count). The zero-order valence-electron chi connectivity index (χ0n) is 12.4. The van der Waals surface area contributed by atoms with Crippen LogP contribution in [-0.4, -0.2) is 76.8 Å². The highest BCUT2D eigenvalue weighted by Crippen LogP contribution is 2.00. The number of nitrogens with zero attached hydrogens (tertiary/aromatic N) is 5. The number of nitrogens with one attached hydrogen (secondary N) is 1. The third-order valence-corrected chi connectivity index (χ3v) is 3.66. The molecule has 1 amide bonds. The van der Waals surface area contributed by atoms with Crippen molar-refractivity contribution in [2.75, 3.05) is 46.3 Å². The van der Waals surface area contributed by atoms with E-state index in [1.54, 1.807) is 4.68 Å². The van der Waals surface area contributed by atoms with Crippen LogP contribution in [0.25, 0.3) is 0 Å². The minimum Gasteiger partial charge on any atom is -0.355 e. The molecular formula is C13H24N6O. The number of carbonyl (C=O) groups is 1. The van der Waals surface area contributed by atoms with Crippen LogP contribution in [0, 0.1) is 0 Å². The molecule has 0 radical (unpaired) electrons. The molecule has 1 aliphatic heterocycles. The Labute approximate surface area is 119 Å². The van der Waals surface area contributed by atoms with Crippen LogP contribution in [0.2, 0.25) is 0 Å². The lowest BCUT2D eigenvalue weighted by molar-refractivity contribution is -0.122. The molecule has 2 heterocycles. The van der Waals surface area contributed by atoms with Crippen LogP contribution in [0.15, 0.2) is 6.33 Å². The zero-order valence-corrected chi connectivity index (χ0v) is 12.4. The lowest BCUT2D eigenvalue weighted by Gasteiger charge is -2.19. The topological polar surface area (TPSA) is 66.3 Å². The second-order valence-electron chi connectivity index (χ2n) is 5.33. The molecule has 0 bridgehead atoms. The highest BCUT2D eigenvalue weighted by Gasteiger charge is 2.14. The highest BCUT2D eigenvalue weighted by molar-refractivity contribution is 5.77. The molecule has 112 valence electrons. The van der Waals surface area contributed by atoms with Crippen molar-refractivity contribution in [2.45, 2.75) is 12.8 Å². The van der Waals surface area contributed by atoms with Crippen LogP contribution in [0.5, 0.6) is 0 Å². The average molecular weight is 280 g/mol. The molecule has 1 aliphatic rings. The summed E-state index contributed by atoms with van der Waals surface area (Å²) in [6.07, 6.45) is 3.37. The van der Waals surface area contributed by atoms with Gasteiger partial charge < -0.3 is 10.2 Å². The molecule has 1 N–H and O–H groups in total. The van der Waals surface area contributed by atoms with Gasteiger partial charge in [0.25, 0.3) is 0 Å². The molecule has 1 aromatic heterocycles. The average Bonchev–Trinajstić information content (AvgIpc) is 2.70. The first-order valence-corrected chi connectivity index (χ1v) is 7.15.